The summed E-state index contributed by atoms with van der Waals surface area (Å²) in [5.74, 6) is 0.985. The number of H-pyrrole nitrogens is 1. The molecule has 0 aliphatic rings. The van der Waals surface area contributed by atoms with Gasteiger partial charge in [0, 0.05) is 57.5 Å². The van der Waals surface area contributed by atoms with Gasteiger partial charge in [0.05, 0.1) is 5.51 Å². The summed E-state index contributed by atoms with van der Waals surface area (Å²) in [6.45, 7) is 10.2. The topological polar surface area (TPSA) is 31.9 Å². The van der Waals surface area contributed by atoms with E-state index in [1.807, 2.05) is 23.5 Å². The Labute approximate surface area is 158 Å². The third-order valence-corrected chi connectivity index (χ3v) is 6.64. The molecule has 0 spiro atoms. The molecule has 0 unspecified atom stereocenters. The number of benzene rings is 1. The number of rotatable bonds is 8. The molecular formula is C20H27N3S2. The molecule has 1 aromatic carbocycles. The van der Waals surface area contributed by atoms with Crippen molar-refractivity contribution in [3.05, 3.63) is 46.5 Å². The molecule has 134 valence electrons. The van der Waals surface area contributed by atoms with Crippen LogP contribution in [-0.4, -0.2) is 33.5 Å². The Morgan fingerprint density at radius 3 is 2.68 bits per heavy atom. The summed E-state index contributed by atoms with van der Waals surface area (Å²) in [5.41, 5.74) is 4.57. The quantitative estimate of drug-likeness (QED) is 0.523. The Bertz CT molecular complexity index is 782. The molecule has 0 aliphatic carbocycles. The highest BCUT2D eigenvalue weighted by atomic mass is 32.2. The van der Waals surface area contributed by atoms with Gasteiger partial charge in [-0.15, -0.1) is 23.1 Å². The van der Waals surface area contributed by atoms with E-state index in [2.05, 4.69) is 67.0 Å². The van der Waals surface area contributed by atoms with Crippen LogP contribution in [0.2, 0.25) is 0 Å². The lowest BCUT2D eigenvalue weighted by Crippen LogP contribution is -2.38. The fourth-order valence-corrected chi connectivity index (χ4v) is 5.12. The third-order valence-electron chi connectivity index (χ3n) is 4.57. The normalized spacial score (nSPS) is 12.1. The number of nitrogens with zero attached hydrogens (tertiary/aromatic N) is 2. The molecule has 0 saturated heterocycles. The molecule has 3 aromatic rings. The van der Waals surface area contributed by atoms with Crippen LogP contribution in [0, 0.1) is 0 Å². The van der Waals surface area contributed by atoms with Gasteiger partial charge in [-0.1, -0.05) is 6.07 Å². The third kappa shape index (κ3) is 4.46. The van der Waals surface area contributed by atoms with E-state index in [4.69, 9.17) is 0 Å². The molecular weight excluding hydrogens is 346 g/mol. The van der Waals surface area contributed by atoms with Gasteiger partial charge in [0.15, 0.2) is 0 Å². The Balaban J connectivity index is 1.79. The van der Waals surface area contributed by atoms with Gasteiger partial charge in [-0.05, 0) is 51.8 Å². The molecule has 0 fully saturated rings. The van der Waals surface area contributed by atoms with Crippen LogP contribution >= 0.6 is 23.1 Å². The SMILES string of the molecule is CC(C)N(CCc1c[nH]c2cccc(SCc3cncs3)c12)C(C)C. The summed E-state index contributed by atoms with van der Waals surface area (Å²) in [6, 6.07) is 7.72. The molecule has 3 rings (SSSR count). The Kier molecular flexibility index (Phi) is 6.20. The minimum absolute atomic E-state index is 0.574. The molecule has 1 N–H and O–H groups in total. The maximum absolute atomic E-state index is 4.18. The van der Waals surface area contributed by atoms with Crippen molar-refractivity contribution < 1.29 is 0 Å². The molecule has 0 saturated carbocycles. The molecule has 3 nitrogen and oxygen atoms in total. The van der Waals surface area contributed by atoms with Crippen molar-refractivity contribution in [2.24, 2.45) is 0 Å². The van der Waals surface area contributed by atoms with Crippen molar-refractivity contribution in [3.8, 4) is 0 Å². The average Bonchev–Trinajstić information content (AvgIpc) is 3.22. The summed E-state index contributed by atoms with van der Waals surface area (Å²) in [5, 5.41) is 1.39. The van der Waals surface area contributed by atoms with E-state index in [1.165, 1.54) is 26.2 Å². The van der Waals surface area contributed by atoms with Crippen LogP contribution in [0.25, 0.3) is 10.9 Å². The van der Waals surface area contributed by atoms with Crippen molar-refractivity contribution in [2.75, 3.05) is 6.54 Å². The summed E-state index contributed by atoms with van der Waals surface area (Å²) < 4.78 is 0. The Morgan fingerprint density at radius 1 is 1.20 bits per heavy atom. The van der Waals surface area contributed by atoms with Gasteiger partial charge in [-0.25, -0.2) is 0 Å². The number of nitrogens with one attached hydrogen (secondary N) is 1. The van der Waals surface area contributed by atoms with E-state index in [1.54, 1.807) is 11.3 Å². The monoisotopic (exact) mass is 373 g/mol. The van der Waals surface area contributed by atoms with Crippen LogP contribution in [0.1, 0.15) is 38.1 Å². The van der Waals surface area contributed by atoms with E-state index in [0.29, 0.717) is 12.1 Å². The molecule has 5 heteroatoms. The molecule has 0 aliphatic heterocycles. The number of aromatic nitrogens is 2. The number of hydrogen-bond donors (Lipinski definition) is 1. The zero-order valence-corrected chi connectivity index (χ0v) is 17.1. The number of thiazole rings is 1. The fourth-order valence-electron chi connectivity index (χ4n) is 3.36. The summed E-state index contributed by atoms with van der Waals surface area (Å²) in [6.07, 6.45) is 5.24. The highest BCUT2D eigenvalue weighted by Gasteiger charge is 2.15. The summed E-state index contributed by atoms with van der Waals surface area (Å²) >= 11 is 3.64. The van der Waals surface area contributed by atoms with Gasteiger partial charge in [-0.2, -0.15) is 0 Å². The number of fused-ring (bicyclic) bond motifs is 1. The summed E-state index contributed by atoms with van der Waals surface area (Å²) in [7, 11) is 0. The standard InChI is InChI=1S/C20H27N3S2/c1-14(2)23(15(3)4)9-8-16-10-22-18-6-5-7-19(20(16)18)24-12-17-11-21-13-25-17/h5-7,10-11,13-15,22H,8-9,12H2,1-4H3. The first-order chi connectivity index (χ1) is 12.1. The van der Waals surface area contributed by atoms with Crippen molar-refractivity contribution >= 4 is 34.0 Å². The van der Waals surface area contributed by atoms with Crippen LogP contribution in [0.5, 0.6) is 0 Å². The maximum atomic E-state index is 4.18. The molecule has 0 atom stereocenters. The first-order valence-corrected chi connectivity index (χ1v) is 10.8. The zero-order chi connectivity index (χ0) is 17.8. The van der Waals surface area contributed by atoms with Crippen molar-refractivity contribution in [3.63, 3.8) is 0 Å². The van der Waals surface area contributed by atoms with Gasteiger partial charge in [0.25, 0.3) is 0 Å². The first-order valence-electron chi connectivity index (χ1n) is 8.91. The predicted octanol–water partition coefficient (Wildman–Crippen LogP) is 5.58. The number of hydrogen-bond acceptors (Lipinski definition) is 4. The van der Waals surface area contributed by atoms with Gasteiger partial charge >= 0.3 is 0 Å². The second-order valence-electron chi connectivity index (χ2n) is 6.92. The van der Waals surface area contributed by atoms with Crippen LogP contribution in [0.15, 0.2) is 41.0 Å². The Morgan fingerprint density at radius 2 is 2.00 bits per heavy atom. The predicted molar refractivity (Wildman–Crippen MR) is 111 cm³/mol. The van der Waals surface area contributed by atoms with Crippen LogP contribution in [0.4, 0.5) is 0 Å². The fraction of sp³-hybridized carbons (Fsp3) is 0.450. The van der Waals surface area contributed by atoms with Crippen LogP contribution < -0.4 is 0 Å². The lowest BCUT2D eigenvalue weighted by atomic mass is 10.1. The lowest BCUT2D eigenvalue weighted by molar-refractivity contribution is 0.177. The van der Waals surface area contributed by atoms with Gasteiger partial charge in [0.1, 0.15) is 0 Å². The minimum atomic E-state index is 0.574. The van der Waals surface area contributed by atoms with Crippen LogP contribution in [0.3, 0.4) is 0 Å². The maximum Gasteiger partial charge on any atom is 0.0794 e. The smallest absolute Gasteiger partial charge is 0.0794 e. The lowest BCUT2D eigenvalue weighted by Gasteiger charge is -2.30. The van der Waals surface area contributed by atoms with Crippen molar-refractivity contribution in [1.82, 2.24) is 14.9 Å². The summed E-state index contributed by atoms with van der Waals surface area (Å²) in [4.78, 5) is 12.9. The number of thioether (sulfide) groups is 1. The van der Waals surface area contributed by atoms with Gasteiger partial charge in [0.2, 0.25) is 0 Å². The highest BCUT2D eigenvalue weighted by molar-refractivity contribution is 7.98. The van der Waals surface area contributed by atoms with E-state index < -0.39 is 0 Å². The van der Waals surface area contributed by atoms with Crippen molar-refractivity contribution in [2.45, 2.75) is 56.8 Å². The second-order valence-corrected chi connectivity index (χ2v) is 8.91. The molecule has 0 amide bonds. The van der Waals surface area contributed by atoms with Gasteiger partial charge in [-0.3, -0.25) is 9.88 Å². The van der Waals surface area contributed by atoms with E-state index in [-0.39, 0.29) is 0 Å². The molecule has 2 aromatic heterocycles. The Hall–Kier alpha value is -1.30. The largest absolute Gasteiger partial charge is 0.361 e. The van der Waals surface area contributed by atoms with Gasteiger partial charge < -0.3 is 4.98 Å². The highest BCUT2D eigenvalue weighted by Crippen LogP contribution is 2.33. The van der Waals surface area contributed by atoms with Crippen LogP contribution in [-0.2, 0) is 12.2 Å². The second kappa shape index (κ2) is 8.39. The van der Waals surface area contributed by atoms with E-state index >= 15 is 0 Å². The average molecular weight is 374 g/mol. The minimum Gasteiger partial charge on any atom is -0.361 e. The molecule has 0 radical (unpaired) electrons. The first kappa shape index (κ1) is 18.5. The molecule has 25 heavy (non-hydrogen) atoms. The molecule has 0 bridgehead atoms. The number of aromatic amines is 1. The van der Waals surface area contributed by atoms with E-state index in [0.717, 1.165) is 18.7 Å². The van der Waals surface area contributed by atoms with Crippen molar-refractivity contribution in [1.29, 1.82) is 0 Å². The molecule has 2 heterocycles. The zero-order valence-electron chi connectivity index (χ0n) is 15.5. The van der Waals surface area contributed by atoms with E-state index in [9.17, 15) is 0 Å².